The molecular formula is C23H32N4O3. The first kappa shape index (κ1) is 20.9. The number of likely N-dealkylation sites (N-methyl/N-ethyl adjacent to an activating group) is 1. The number of anilines is 1. The Balaban J connectivity index is 1.68. The van der Waals surface area contributed by atoms with Gasteiger partial charge in [-0.05, 0) is 39.9 Å². The first-order chi connectivity index (χ1) is 14.5. The first-order valence-corrected chi connectivity index (χ1v) is 10.8. The monoisotopic (exact) mass is 412 g/mol. The van der Waals surface area contributed by atoms with Crippen LogP contribution in [0.25, 0.3) is 11.3 Å². The van der Waals surface area contributed by atoms with Crippen LogP contribution in [-0.4, -0.2) is 74.4 Å². The zero-order valence-electron chi connectivity index (χ0n) is 18.3. The van der Waals surface area contributed by atoms with Gasteiger partial charge in [0.15, 0.2) is 0 Å². The van der Waals surface area contributed by atoms with E-state index in [4.69, 9.17) is 9.26 Å². The number of hydrogen-bond acceptors (Lipinski definition) is 6. The standard InChI is InChI=1S/C23H32N4O3/c1-17-5-4-6-19(15-17)21-20(23(30-24-21)26-11-13-29-14-12-26)16-27(10-9-25(2)3)22(28)18-7-8-18/h4-6,15,18H,7-14,16H2,1-3H3. The fraction of sp³-hybridized carbons (Fsp3) is 0.565. The summed E-state index contributed by atoms with van der Waals surface area (Å²) in [6.45, 7) is 7.00. The minimum atomic E-state index is 0.182. The minimum absolute atomic E-state index is 0.182. The Hall–Kier alpha value is -2.38. The van der Waals surface area contributed by atoms with Gasteiger partial charge in [0.05, 0.1) is 25.3 Å². The number of ether oxygens (including phenoxy) is 1. The number of aryl methyl sites for hydroxylation is 1. The number of aromatic nitrogens is 1. The zero-order valence-corrected chi connectivity index (χ0v) is 18.3. The zero-order chi connectivity index (χ0) is 21.1. The molecule has 30 heavy (non-hydrogen) atoms. The van der Waals surface area contributed by atoms with Crippen LogP contribution < -0.4 is 4.90 Å². The Bertz CT molecular complexity index is 869. The molecule has 2 aromatic rings. The molecule has 2 aliphatic rings. The van der Waals surface area contributed by atoms with Crippen molar-refractivity contribution >= 4 is 11.8 Å². The molecule has 2 fully saturated rings. The predicted octanol–water partition coefficient (Wildman–Crippen LogP) is 2.79. The maximum atomic E-state index is 13.1. The van der Waals surface area contributed by atoms with Gasteiger partial charge >= 0.3 is 0 Å². The number of nitrogens with zero attached hydrogens (tertiary/aromatic N) is 4. The normalized spacial score (nSPS) is 16.9. The lowest BCUT2D eigenvalue weighted by Crippen LogP contribution is -2.39. The van der Waals surface area contributed by atoms with Crippen molar-refractivity contribution in [2.75, 3.05) is 58.4 Å². The second kappa shape index (κ2) is 9.18. The van der Waals surface area contributed by atoms with Gasteiger partial charge in [-0.3, -0.25) is 4.79 Å². The number of hydrogen-bond donors (Lipinski definition) is 0. The number of carbonyl (C=O) groups is 1. The van der Waals surface area contributed by atoms with Crippen LogP contribution in [0.1, 0.15) is 24.0 Å². The Morgan fingerprint density at radius 3 is 2.63 bits per heavy atom. The van der Waals surface area contributed by atoms with Crippen LogP contribution in [0.15, 0.2) is 28.8 Å². The summed E-state index contributed by atoms with van der Waals surface area (Å²) < 4.78 is 11.4. The van der Waals surface area contributed by atoms with Crippen molar-refractivity contribution in [3.05, 3.63) is 35.4 Å². The summed E-state index contributed by atoms with van der Waals surface area (Å²) in [7, 11) is 4.08. The Morgan fingerprint density at radius 1 is 1.20 bits per heavy atom. The third-order valence-corrected chi connectivity index (χ3v) is 5.76. The minimum Gasteiger partial charge on any atom is -0.378 e. The van der Waals surface area contributed by atoms with E-state index in [1.165, 1.54) is 5.56 Å². The molecule has 0 spiro atoms. The molecule has 162 valence electrons. The molecule has 0 radical (unpaired) electrons. The fourth-order valence-electron chi connectivity index (χ4n) is 3.84. The molecule has 0 unspecified atom stereocenters. The van der Waals surface area contributed by atoms with Crippen LogP contribution in [0.3, 0.4) is 0 Å². The highest BCUT2D eigenvalue weighted by Crippen LogP contribution is 2.36. The average molecular weight is 413 g/mol. The lowest BCUT2D eigenvalue weighted by molar-refractivity contribution is -0.133. The van der Waals surface area contributed by atoms with Gasteiger partial charge in [0, 0.05) is 37.7 Å². The van der Waals surface area contributed by atoms with Crippen LogP contribution in [0.5, 0.6) is 0 Å². The summed E-state index contributed by atoms with van der Waals surface area (Å²) in [5, 5.41) is 4.46. The average Bonchev–Trinajstić information content (AvgIpc) is 3.51. The summed E-state index contributed by atoms with van der Waals surface area (Å²) in [6.07, 6.45) is 2.00. The highest BCUT2D eigenvalue weighted by molar-refractivity contribution is 5.81. The Morgan fingerprint density at radius 2 is 1.97 bits per heavy atom. The van der Waals surface area contributed by atoms with Crippen molar-refractivity contribution in [1.29, 1.82) is 0 Å². The highest BCUT2D eigenvalue weighted by atomic mass is 16.5. The smallest absolute Gasteiger partial charge is 0.233 e. The van der Waals surface area contributed by atoms with Crippen LogP contribution in [0.4, 0.5) is 5.88 Å². The molecular weight excluding hydrogens is 380 g/mol. The van der Waals surface area contributed by atoms with E-state index in [2.05, 4.69) is 40.1 Å². The van der Waals surface area contributed by atoms with Gasteiger partial charge < -0.3 is 24.0 Å². The molecule has 1 saturated carbocycles. The summed E-state index contributed by atoms with van der Waals surface area (Å²) in [6, 6.07) is 8.30. The highest BCUT2D eigenvalue weighted by Gasteiger charge is 2.35. The van der Waals surface area contributed by atoms with Gasteiger partial charge in [-0.15, -0.1) is 0 Å². The van der Waals surface area contributed by atoms with E-state index in [0.29, 0.717) is 26.3 Å². The molecule has 2 heterocycles. The number of benzene rings is 1. The van der Waals surface area contributed by atoms with Crippen molar-refractivity contribution in [1.82, 2.24) is 15.0 Å². The number of carbonyl (C=O) groups excluding carboxylic acids is 1. The maximum absolute atomic E-state index is 13.1. The number of morpholine rings is 1. The molecule has 4 rings (SSSR count). The number of amides is 1. The first-order valence-electron chi connectivity index (χ1n) is 10.8. The summed E-state index contributed by atoms with van der Waals surface area (Å²) in [4.78, 5) is 19.4. The van der Waals surface area contributed by atoms with Crippen molar-refractivity contribution in [3.8, 4) is 11.3 Å². The lowest BCUT2D eigenvalue weighted by atomic mass is 10.0. The quantitative estimate of drug-likeness (QED) is 0.664. The molecule has 1 aliphatic heterocycles. The van der Waals surface area contributed by atoms with Crippen molar-refractivity contribution in [3.63, 3.8) is 0 Å². The Kier molecular flexibility index (Phi) is 6.39. The molecule has 1 aromatic carbocycles. The van der Waals surface area contributed by atoms with Crippen LogP contribution in [0, 0.1) is 12.8 Å². The van der Waals surface area contributed by atoms with Gasteiger partial charge in [0.1, 0.15) is 5.69 Å². The molecule has 0 bridgehead atoms. The van der Waals surface area contributed by atoms with E-state index >= 15 is 0 Å². The number of rotatable bonds is 8. The van der Waals surface area contributed by atoms with Crippen LogP contribution in [-0.2, 0) is 16.1 Å². The topological polar surface area (TPSA) is 62.1 Å². The van der Waals surface area contributed by atoms with Gasteiger partial charge in [-0.25, -0.2) is 0 Å². The third-order valence-electron chi connectivity index (χ3n) is 5.76. The van der Waals surface area contributed by atoms with Crippen molar-refractivity contribution in [2.24, 2.45) is 5.92 Å². The molecule has 1 amide bonds. The molecule has 7 heteroatoms. The molecule has 0 N–H and O–H groups in total. The van der Waals surface area contributed by atoms with Crippen LogP contribution >= 0.6 is 0 Å². The van der Waals surface area contributed by atoms with Gasteiger partial charge in [0.25, 0.3) is 0 Å². The summed E-state index contributed by atoms with van der Waals surface area (Å²) >= 11 is 0. The molecule has 7 nitrogen and oxygen atoms in total. The van der Waals surface area contributed by atoms with Gasteiger partial charge in [0.2, 0.25) is 11.8 Å². The molecule has 0 atom stereocenters. The fourth-order valence-corrected chi connectivity index (χ4v) is 3.84. The molecule has 1 aromatic heterocycles. The van der Waals surface area contributed by atoms with E-state index in [0.717, 1.165) is 55.2 Å². The summed E-state index contributed by atoms with van der Waals surface area (Å²) in [5.41, 5.74) is 4.03. The lowest BCUT2D eigenvalue weighted by Gasteiger charge is -2.29. The van der Waals surface area contributed by atoms with Crippen molar-refractivity contribution < 1.29 is 14.1 Å². The third kappa shape index (κ3) is 4.84. The van der Waals surface area contributed by atoms with E-state index in [9.17, 15) is 4.79 Å². The van der Waals surface area contributed by atoms with E-state index in [1.807, 2.05) is 25.1 Å². The molecule has 1 aliphatic carbocycles. The predicted molar refractivity (Wildman–Crippen MR) is 116 cm³/mol. The maximum Gasteiger partial charge on any atom is 0.233 e. The Labute approximate surface area is 178 Å². The largest absolute Gasteiger partial charge is 0.378 e. The van der Waals surface area contributed by atoms with Gasteiger partial charge in [-0.1, -0.05) is 28.9 Å². The molecule has 1 saturated heterocycles. The SMILES string of the molecule is Cc1cccc(-c2noc(N3CCOCC3)c2CN(CCN(C)C)C(=O)C2CC2)c1. The second-order valence-corrected chi connectivity index (χ2v) is 8.62. The van der Waals surface area contributed by atoms with Gasteiger partial charge in [-0.2, -0.15) is 0 Å². The summed E-state index contributed by atoms with van der Waals surface area (Å²) in [5.74, 6) is 1.20. The van der Waals surface area contributed by atoms with E-state index in [1.54, 1.807) is 0 Å². The van der Waals surface area contributed by atoms with Crippen molar-refractivity contribution in [2.45, 2.75) is 26.3 Å². The second-order valence-electron chi connectivity index (χ2n) is 8.62. The van der Waals surface area contributed by atoms with Crippen LogP contribution in [0.2, 0.25) is 0 Å². The van der Waals surface area contributed by atoms with E-state index in [-0.39, 0.29) is 11.8 Å². The van der Waals surface area contributed by atoms with E-state index < -0.39 is 0 Å².